The van der Waals surface area contributed by atoms with Gasteiger partial charge in [-0.2, -0.15) is 4.98 Å². The SMILES string of the molecule is CC1CN(c2ccc(Nc3ncc4cc(-c5ccc(C6CCCC6)cc5Cl)c(=O)n(C5CCCC5)c4n3)cc2F)CCN1. The van der Waals surface area contributed by atoms with E-state index in [1.54, 1.807) is 12.3 Å². The van der Waals surface area contributed by atoms with Crippen molar-refractivity contribution in [1.82, 2.24) is 19.9 Å². The van der Waals surface area contributed by atoms with Gasteiger partial charge in [0.15, 0.2) is 0 Å². The summed E-state index contributed by atoms with van der Waals surface area (Å²) in [7, 11) is 0. The van der Waals surface area contributed by atoms with E-state index in [4.69, 9.17) is 16.6 Å². The van der Waals surface area contributed by atoms with Crippen LogP contribution in [0.4, 0.5) is 21.7 Å². The van der Waals surface area contributed by atoms with Crippen LogP contribution in [0.3, 0.4) is 0 Å². The van der Waals surface area contributed by atoms with E-state index in [2.05, 4.69) is 33.5 Å². The van der Waals surface area contributed by atoms with E-state index in [0.717, 1.165) is 56.3 Å². The average molecular weight is 601 g/mol. The molecule has 2 saturated carbocycles. The summed E-state index contributed by atoms with van der Waals surface area (Å²) in [6.07, 6.45) is 10.7. The van der Waals surface area contributed by atoms with Crippen molar-refractivity contribution in [1.29, 1.82) is 0 Å². The minimum atomic E-state index is -0.289. The molecule has 1 saturated heterocycles. The Morgan fingerprint density at radius 3 is 2.53 bits per heavy atom. The number of hydrogen-bond acceptors (Lipinski definition) is 6. The first-order chi connectivity index (χ1) is 20.9. The summed E-state index contributed by atoms with van der Waals surface area (Å²) in [5.41, 5.74) is 4.24. The number of pyridine rings is 1. The quantitative estimate of drug-likeness (QED) is 0.238. The second kappa shape index (κ2) is 11.9. The smallest absolute Gasteiger partial charge is 0.260 e. The first-order valence-corrected chi connectivity index (χ1v) is 16.1. The van der Waals surface area contributed by atoms with Crippen LogP contribution in [0.1, 0.15) is 75.8 Å². The molecule has 7 rings (SSSR count). The van der Waals surface area contributed by atoms with Crippen molar-refractivity contribution in [2.75, 3.05) is 29.9 Å². The standard InChI is InChI=1S/C34H38ClFN6O/c1-21-20-41(15-14-37-21)31-13-11-25(18-30(31)36)39-34-38-19-24-16-28(33(43)42(32(24)40-34)26-8-4-5-9-26)27-12-10-23(17-29(27)35)22-6-2-3-7-22/h10-13,16-19,21-22,26,37H,2-9,14-15,20H2,1H3,(H,38,39,40). The number of benzene rings is 2. The molecule has 3 aliphatic rings. The zero-order valence-electron chi connectivity index (χ0n) is 24.6. The highest BCUT2D eigenvalue weighted by molar-refractivity contribution is 6.33. The molecule has 1 unspecified atom stereocenters. The topological polar surface area (TPSA) is 75.1 Å². The van der Waals surface area contributed by atoms with Crippen LogP contribution < -0.4 is 21.1 Å². The van der Waals surface area contributed by atoms with Gasteiger partial charge in [0.1, 0.15) is 11.5 Å². The predicted octanol–water partition coefficient (Wildman–Crippen LogP) is 7.57. The second-order valence-corrected chi connectivity index (χ2v) is 12.9. The van der Waals surface area contributed by atoms with Gasteiger partial charge >= 0.3 is 0 Å². The number of hydrogen-bond donors (Lipinski definition) is 2. The van der Waals surface area contributed by atoms with E-state index >= 15 is 4.39 Å². The molecule has 2 N–H and O–H groups in total. The molecule has 3 heterocycles. The Morgan fingerprint density at radius 2 is 1.79 bits per heavy atom. The van der Waals surface area contributed by atoms with Gasteiger partial charge in [-0.15, -0.1) is 0 Å². The Labute approximate surface area is 256 Å². The minimum Gasteiger partial charge on any atom is -0.366 e. The molecule has 2 aromatic carbocycles. The predicted molar refractivity (Wildman–Crippen MR) is 172 cm³/mol. The highest BCUT2D eigenvalue weighted by atomic mass is 35.5. The lowest BCUT2D eigenvalue weighted by Gasteiger charge is -2.33. The Hall–Kier alpha value is -3.49. The third-order valence-corrected chi connectivity index (χ3v) is 9.80. The van der Waals surface area contributed by atoms with Crippen LogP contribution in [-0.2, 0) is 0 Å². The fourth-order valence-electron chi connectivity index (χ4n) is 7.26. The summed E-state index contributed by atoms with van der Waals surface area (Å²) >= 11 is 6.85. The molecule has 1 atom stereocenters. The molecule has 43 heavy (non-hydrogen) atoms. The van der Waals surface area contributed by atoms with Crippen molar-refractivity contribution in [3.05, 3.63) is 75.4 Å². The molecular weight excluding hydrogens is 563 g/mol. The van der Waals surface area contributed by atoms with E-state index < -0.39 is 0 Å². The molecule has 2 aromatic heterocycles. The number of aromatic nitrogens is 3. The number of fused-ring (bicyclic) bond motifs is 1. The second-order valence-electron chi connectivity index (χ2n) is 12.5. The largest absolute Gasteiger partial charge is 0.366 e. The summed E-state index contributed by atoms with van der Waals surface area (Å²) in [5.74, 6) is 0.588. The lowest BCUT2D eigenvalue weighted by Crippen LogP contribution is -2.49. The summed E-state index contributed by atoms with van der Waals surface area (Å²) in [6.45, 7) is 4.45. The summed E-state index contributed by atoms with van der Waals surface area (Å²) in [4.78, 5) is 25.6. The van der Waals surface area contributed by atoms with Gasteiger partial charge in [-0.05, 0) is 74.4 Å². The number of piperazine rings is 1. The molecule has 0 radical (unpaired) electrons. The lowest BCUT2D eigenvalue weighted by atomic mass is 9.95. The van der Waals surface area contributed by atoms with Crippen LogP contribution in [0, 0.1) is 5.82 Å². The molecule has 4 aromatic rings. The Bertz CT molecular complexity index is 1710. The number of nitrogens with zero attached hydrogens (tertiary/aromatic N) is 4. The summed E-state index contributed by atoms with van der Waals surface area (Å²) in [6, 6.07) is 13.6. The first-order valence-electron chi connectivity index (χ1n) is 15.7. The molecule has 2 aliphatic carbocycles. The fraction of sp³-hybridized carbons (Fsp3) is 0.441. The van der Waals surface area contributed by atoms with Gasteiger partial charge in [0, 0.05) is 65.1 Å². The van der Waals surface area contributed by atoms with Crippen molar-refractivity contribution in [3.8, 4) is 11.1 Å². The number of halogens is 2. The molecule has 0 spiro atoms. The molecule has 1 aliphatic heterocycles. The van der Waals surface area contributed by atoms with Gasteiger partial charge in [-0.1, -0.05) is 49.4 Å². The van der Waals surface area contributed by atoms with E-state index in [-0.39, 0.29) is 17.4 Å². The zero-order chi connectivity index (χ0) is 29.5. The van der Waals surface area contributed by atoms with Crippen LogP contribution >= 0.6 is 11.6 Å². The number of rotatable bonds is 6. The van der Waals surface area contributed by atoms with Gasteiger partial charge < -0.3 is 15.5 Å². The van der Waals surface area contributed by atoms with Gasteiger partial charge in [-0.25, -0.2) is 9.37 Å². The molecule has 3 fully saturated rings. The van der Waals surface area contributed by atoms with E-state index in [1.165, 1.54) is 37.3 Å². The third kappa shape index (κ3) is 5.63. The maximum absolute atomic E-state index is 15.2. The monoisotopic (exact) mass is 600 g/mol. The third-order valence-electron chi connectivity index (χ3n) is 9.49. The minimum absolute atomic E-state index is 0.0624. The number of anilines is 3. The average Bonchev–Trinajstić information content (AvgIpc) is 3.73. The van der Waals surface area contributed by atoms with Crippen LogP contribution in [-0.4, -0.2) is 40.2 Å². The van der Waals surface area contributed by atoms with Crippen molar-refractivity contribution in [3.63, 3.8) is 0 Å². The van der Waals surface area contributed by atoms with Crippen molar-refractivity contribution in [2.24, 2.45) is 0 Å². The van der Waals surface area contributed by atoms with E-state index in [1.807, 2.05) is 28.8 Å². The van der Waals surface area contributed by atoms with Crippen LogP contribution in [0.15, 0.2) is 53.5 Å². The van der Waals surface area contributed by atoms with Gasteiger partial charge in [0.25, 0.3) is 5.56 Å². The Morgan fingerprint density at radius 1 is 1.00 bits per heavy atom. The maximum Gasteiger partial charge on any atom is 0.260 e. The molecule has 224 valence electrons. The first kappa shape index (κ1) is 28.3. The molecule has 0 amide bonds. The summed E-state index contributed by atoms with van der Waals surface area (Å²) in [5, 5.41) is 7.95. The Balaban J connectivity index is 1.23. The van der Waals surface area contributed by atoms with Crippen LogP contribution in [0.25, 0.3) is 22.2 Å². The van der Waals surface area contributed by atoms with E-state index in [9.17, 15) is 4.79 Å². The van der Waals surface area contributed by atoms with Gasteiger partial charge in [-0.3, -0.25) is 9.36 Å². The molecule has 7 nitrogen and oxygen atoms in total. The fourth-order valence-corrected chi connectivity index (χ4v) is 7.55. The molecule has 9 heteroatoms. The Kier molecular flexibility index (Phi) is 7.82. The van der Waals surface area contributed by atoms with Crippen molar-refractivity contribution in [2.45, 2.75) is 76.3 Å². The highest BCUT2D eigenvalue weighted by Crippen LogP contribution is 2.38. The van der Waals surface area contributed by atoms with Crippen molar-refractivity contribution >= 4 is 40.0 Å². The van der Waals surface area contributed by atoms with Crippen LogP contribution in [0.5, 0.6) is 0 Å². The lowest BCUT2D eigenvalue weighted by molar-refractivity contribution is 0.478. The molecule has 0 bridgehead atoms. The van der Waals surface area contributed by atoms with E-state index in [0.29, 0.717) is 45.5 Å². The maximum atomic E-state index is 15.2. The van der Waals surface area contributed by atoms with Gasteiger partial charge in [0.2, 0.25) is 5.95 Å². The zero-order valence-corrected chi connectivity index (χ0v) is 25.3. The highest BCUT2D eigenvalue weighted by Gasteiger charge is 2.25. The van der Waals surface area contributed by atoms with Gasteiger partial charge in [0.05, 0.1) is 5.69 Å². The van der Waals surface area contributed by atoms with Crippen molar-refractivity contribution < 1.29 is 4.39 Å². The normalized spacial score (nSPS) is 19.9. The number of nitrogens with one attached hydrogen (secondary N) is 2. The molecular formula is C34H38ClFN6O. The van der Waals surface area contributed by atoms with Crippen LogP contribution in [0.2, 0.25) is 5.02 Å². The summed E-state index contributed by atoms with van der Waals surface area (Å²) < 4.78 is 17.0.